The van der Waals surface area contributed by atoms with Crippen molar-refractivity contribution in [3.05, 3.63) is 37.8 Å². The molecule has 19 heavy (non-hydrogen) atoms. The first-order valence-electron chi connectivity index (χ1n) is 5.16. The fraction of sp³-hybridized carbons (Fsp3) is 0.300. The molecule has 1 amide bonds. The summed E-state index contributed by atoms with van der Waals surface area (Å²) in [6.07, 6.45) is -1.34. The van der Waals surface area contributed by atoms with Crippen molar-refractivity contribution < 1.29 is 18.3 Å². The fourth-order valence-corrected chi connectivity index (χ4v) is 1.96. The molecule has 1 aromatic rings. The minimum Gasteiger partial charge on any atom is -0.444 e. The third-order valence-electron chi connectivity index (χ3n) is 2.50. The highest BCUT2D eigenvalue weighted by Gasteiger charge is 2.32. The lowest BCUT2D eigenvalue weighted by Crippen LogP contribution is -2.25. The van der Waals surface area contributed by atoms with Crippen LogP contribution < -0.4 is 4.90 Å². The number of carbonyl (C=O) groups excluding carboxylic acids is 1. The van der Waals surface area contributed by atoms with Crippen molar-refractivity contribution in [1.29, 1.82) is 0 Å². The molecule has 100 valence electrons. The molecule has 6 nitrogen and oxygen atoms in total. The molecule has 1 aliphatic heterocycles. The summed E-state index contributed by atoms with van der Waals surface area (Å²) in [6, 6.07) is 2.12. The van der Waals surface area contributed by atoms with E-state index >= 15 is 0 Å². The van der Waals surface area contributed by atoms with Gasteiger partial charge in [-0.2, -0.15) is 0 Å². The lowest BCUT2D eigenvalue weighted by molar-refractivity contribution is 0.145. The molecule has 1 atom stereocenters. The zero-order valence-corrected chi connectivity index (χ0v) is 11.5. The minimum absolute atomic E-state index is 0.0198. The van der Waals surface area contributed by atoms with E-state index in [1.54, 1.807) is 0 Å². The SMILES string of the molecule is [N-]=[N+]=NC[C@H]1CN(c2cc(F)c(I)c(F)c2)C(=O)O1. The van der Waals surface area contributed by atoms with Gasteiger partial charge in [0.15, 0.2) is 0 Å². The molecular weight excluding hydrogens is 373 g/mol. The van der Waals surface area contributed by atoms with Gasteiger partial charge in [0.25, 0.3) is 0 Å². The molecule has 0 unspecified atom stereocenters. The van der Waals surface area contributed by atoms with Gasteiger partial charge in [0, 0.05) is 4.91 Å². The Morgan fingerprint density at radius 1 is 1.53 bits per heavy atom. The highest BCUT2D eigenvalue weighted by atomic mass is 127. The largest absolute Gasteiger partial charge is 0.444 e. The Hall–Kier alpha value is -1.61. The van der Waals surface area contributed by atoms with Crippen molar-refractivity contribution in [2.45, 2.75) is 6.10 Å². The molecule has 0 N–H and O–H groups in total. The Morgan fingerprint density at radius 3 is 2.74 bits per heavy atom. The van der Waals surface area contributed by atoms with E-state index in [-0.39, 0.29) is 22.3 Å². The molecule has 1 heterocycles. The lowest BCUT2D eigenvalue weighted by Gasteiger charge is -2.13. The van der Waals surface area contributed by atoms with Gasteiger partial charge in [0.2, 0.25) is 0 Å². The van der Waals surface area contributed by atoms with Crippen molar-refractivity contribution in [2.24, 2.45) is 5.11 Å². The molecule has 0 bridgehead atoms. The predicted octanol–water partition coefficient (Wildman–Crippen LogP) is 3.20. The van der Waals surface area contributed by atoms with E-state index in [9.17, 15) is 13.6 Å². The van der Waals surface area contributed by atoms with E-state index in [1.807, 2.05) is 0 Å². The van der Waals surface area contributed by atoms with E-state index in [1.165, 1.54) is 22.6 Å². The monoisotopic (exact) mass is 380 g/mol. The second kappa shape index (κ2) is 5.57. The maximum Gasteiger partial charge on any atom is 0.414 e. The number of rotatable bonds is 3. The zero-order valence-electron chi connectivity index (χ0n) is 9.39. The van der Waals surface area contributed by atoms with Crippen LogP contribution in [0.2, 0.25) is 0 Å². The summed E-state index contributed by atoms with van der Waals surface area (Å²) in [7, 11) is 0. The molecule has 0 aliphatic carbocycles. The van der Waals surface area contributed by atoms with Gasteiger partial charge in [-0.25, -0.2) is 13.6 Å². The Kier molecular flexibility index (Phi) is 4.05. The normalized spacial score (nSPS) is 18.2. The number of cyclic esters (lactones) is 1. The molecular formula is C10H7F2IN4O2. The maximum atomic E-state index is 13.4. The van der Waals surface area contributed by atoms with Gasteiger partial charge < -0.3 is 4.74 Å². The average molecular weight is 380 g/mol. The van der Waals surface area contributed by atoms with Crippen LogP contribution in [0.5, 0.6) is 0 Å². The summed E-state index contributed by atoms with van der Waals surface area (Å²) in [6.45, 7) is 0.0609. The standard InChI is InChI=1S/C10H7F2IN4O2/c11-7-1-5(2-8(12)9(7)13)17-4-6(3-15-16-14)19-10(17)18/h1-2,6H,3-4H2/t6-/m0/s1. The Labute approximate surface area is 120 Å². The van der Waals surface area contributed by atoms with E-state index in [0.717, 1.165) is 17.0 Å². The highest BCUT2D eigenvalue weighted by molar-refractivity contribution is 14.1. The Morgan fingerprint density at radius 2 is 2.16 bits per heavy atom. The minimum atomic E-state index is -0.748. The van der Waals surface area contributed by atoms with Gasteiger partial charge in [0.05, 0.1) is 22.3 Å². The molecule has 0 radical (unpaired) electrons. The van der Waals surface area contributed by atoms with Crippen molar-refractivity contribution >= 4 is 34.4 Å². The molecule has 1 aromatic carbocycles. The quantitative estimate of drug-likeness (QED) is 0.266. The first-order valence-corrected chi connectivity index (χ1v) is 6.24. The predicted molar refractivity (Wildman–Crippen MR) is 70.7 cm³/mol. The number of azide groups is 1. The van der Waals surface area contributed by atoms with Crippen molar-refractivity contribution in [3.8, 4) is 0 Å². The van der Waals surface area contributed by atoms with E-state index in [0.29, 0.717) is 0 Å². The van der Waals surface area contributed by atoms with Crippen LogP contribution in [0.15, 0.2) is 17.2 Å². The van der Waals surface area contributed by atoms with Gasteiger partial charge in [-0.15, -0.1) is 0 Å². The summed E-state index contributed by atoms with van der Waals surface area (Å²) < 4.78 is 31.6. The van der Waals surface area contributed by atoms with Gasteiger partial charge >= 0.3 is 6.09 Å². The number of hydrogen-bond donors (Lipinski definition) is 0. The number of anilines is 1. The van der Waals surface area contributed by atoms with Gasteiger partial charge in [0.1, 0.15) is 17.7 Å². The number of carbonyl (C=O) groups is 1. The number of amides is 1. The molecule has 1 fully saturated rings. The fourth-order valence-electron chi connectivity index (χ4n) is 1.65. The molecule has 0 saturated carbocycles. The third-order valence-corrected chi connectivity index (χ3v) is 3.53. The van der Waals surface area contributed by atoms with Crippen LogP contribution in [0.1, 0.15) is 0 Å². The first kappa shape index (κ1) is 13.8. The summed E-state index contributed by atoms with van der Waals surface area (Å²) in [5, 5.41) is 3.29. The number of halogens is 3. The molecule has 1 saturated heterocycles. The summed E-state index contributed by atoms with van der Waals surface area (Å²) in [4.78, 5) is 15.2. The van der Waals surface area contributed by atoms with Crippen LogP contribution in [-0.4, -0.2) is 25.3 Å². The van der Waals surface area contributed by atoms with Gasteiger partial charge in [-0.3, -0.25) is 4.90 Å². The Bertz CT molecular complexity index is 554. The number of hydrogen-bond acceptors (Lipinski definition) is 3. The topological polar surface area (TPSA) is 78.3 Å². The smallest absolute Gasteiger partial charge is 0.414 e. The summed E-state index contributed by atoms with van der Waals surface area (Å²) in [5.74, 6) is -1.50. The molecule has 1 aliphatic rings. The third kappa shape index (κ3) is 2.87. The zero-order chi connectivity index (χ0) is 14.0. The second-order valence-corrected chi connectivity index (χ2v) is 4.83. The highest BCUT2D eigenvalue weighted by Crippen LogP contribution is 2.26. The van der Waals surface area contributed by atoms with Crippen LogP contribution in [0.25, 0.3) is 10.4 Å². The molecule has 0 aromatic heterocycles. The van der Waals surface area contributed by atoms with Crippen LogP contribution in [0, 0.1) is 15.2 Å². The number of ether oxygens (including phenoxy) is 1. The van der Waals surface area contributed by atoms with Crippen LogP contribution in [0.3, 0.4) is 0 Å². The summed E-state index contributed by atoms with van der Waals surface area (Å²) in [5.41, 5.74) is 8.26. The Balaban J connectivity index is 2.23. The van der Waals surface area contributed by atoms with Gasteiger partial charge in [-0.05, 0) is 40.3 Å². The number of benzene rings is 1. The average Bonchev–Trinajstić information content (AvgIpc) is 2.74. The summed E-state index contributed by atoms with van der Waals surface area (Å²) >= 11 is 1.54. The first-order chi connectivity index (χ1) is 9.02. The van der Waals surface area contributed by atoms with E-state index in [2.05, 4.69) is 10.0 Å². The van der Waals surface area contributed by atoms with Crippen LogP contribution in [-0.2, 0) is 4.74 Å². The van der Waals surface area contributed by atoms with E-state index in [4.69, 9.17) is 10.3 Å². The lowest BCUT2D eigenvalue weighted by atomic mass is 10.2. The van der Waals surface area contributed by atoms with Crippen LogP contribution >= 0.6 is 22.6 Å². The number of nitrogens with zero attached hydrogens (tertiary/aromatic N) is 4. The molecule has 9 heteroatoms. The van der Waals surface area contributed by atoms with Crippen molar-refractivity contribution in [2.75, 3.05) is 18.0 Å². The van der Waals surface area contributed by atoms with Crippen molar-refractivity contribution in [3.63, 3.8) is 0 Å². The maximum absolute atomic E-state index is 13.4. The van der Waals surface area contributed by atoms with E-state index < -0.39 is 23.8 Å². The van der Waals surface area contributed by atoms with Crippen LogP contribution in [0.4, 0.5) is 19.3 Å². The van der Waals surface area contributed by atoms with Crippen molar-refractivity contribution in [1.82, 2.24) is 0 Å². The molecule has 0 spiro atoms. The second-order valence-electron chi connectivity index (χ2n) is 3.75. The van der Waals surface area contributed by atoms with Gasteiger partial charge in [-0.1, -0.05) is 5.11 Å². The molecule has 2 rings (SSSR count).